The van der Waals surface area contributed by atoms with E-state index in [0.717, 1.165) is 11.1 Å². The van der Waals surface area contributed by atoms with Crippen LogP contribution in [-0.2, 0) is 26.2 Å². The van der Waals surface area contributed by atoms with Crippen molar-refractivity contribution >= 4 is 27.5 Å². The fraction of sp³-hybridized carbons (Fsp3) is 0.355. The van der Waals surface area contributed by atoms with E-state index in [-0.39, 0.29) is 24.9 Å². The molecule has 0 saturated carbocycles. The second kappa shape index (κ2) is 11.4. The standard InChI is InChI=1S/C31H35N3O5S/c1-21-16-22(2)29(23(3)17-21)40(37,38)33-15-9-12-25(19-33)31(36)34-20-28(39-27-14-8-7-13-26(27)34)30(35)32-18-24-10-5-4-6-11-24/h4-8,10-11,13-14,16-17,25,28H,9,12,15,18-20H2,1-3H3,(H,32,35). The van der Waals surface area contributed by atoms with Gasteiger partial charge in [-0.15, -0.1) is 0 Å². The molecule has 9 heteroatoms. The molecule has 1 N–H and O–H groups in total. The van der Waals surface area contributed by atoms with Gasteiger partial charge in [0.05, 0.1) is 23.0 Å². The molecule has 8 nitrogen and oxygen atoms in total. The van der Waals surface area contributed by atoms with E-state index < -0.39 is 22.0 Å². The lowest BCUT2D eigenvalue weighted by atomic mass is 9.97. The van der Waals surface area contributed by atoms with E-state index in [9.17, 15) is 18.0 Å². The van der Waals surface area contributed by atoms with Crippen LogP contribution in [0.25, 0.3) is 0 Å². The summed E-state index contributed by atoms with van der Waals surface area (Å²) in [4.78, 5) is 29.0. The van der Waals surface area contributed by atoms with Gasteiger partial charge in [0.25, 0.3) is 5.91 Å². The first-order valence-electron chi connectivity index (χ1n) is 13.6. The van der Waals surface area contributed by atoms with E-state index in [1.807, 2.05) is 69.3 Å². The zero-order chi connectivity index (χ0) is 28.4. The molecule has 2 heterocycles. The first-order valence-corrected chi connectivity index (χ1v) is 15.1. The Morgan fingerprint density at radius 1 is 0.950 bits per heavy atom. The highest BCUT2D eigenvalue weighted by molar-refractivity contribution is 7.89. The number of carbonyl (C=O) groups is 2. The summed E-state index contributed by atoms with van der Waals surface area (Å²) in [5.41, 5.74) is 3.97. The summed E-state index contributed by atoms with van der Waals surface area (Å²) in [6, 6.07) is 20.5. The molecular formula is C31H35N3O5S. The predicted octanol–water partition coefficient (Wildman–Crippen LogP) is 4.12. The molecule has 0 bridgehead atoms. The summed E-state index contributed by atoms with van der Waals surface area (Å²) in [6.07, 6.45) is 0.261. The number of para-hydroxylation sites is 2. The second-order valence-corrected chi connectivity index (χ2v) is 12.5. The topological polar surface area (TPSA) is 96.0 Å². The number of nitrogens with zero attached hydrogens (tertiary/aromatic N) is 2. The summed E-state index contributed by atoms with van der Waals surface area (Å²) >= 11 is 0. The summed E-state index contributed by atoms with van der Waals surface area (Å²) in [6.45, 7) is 6.43. The van der Waals surface area contributed by atoms with Crippen LogP contribution in [0.1, 0.15) is 35.1 Å². The number of hydrogen-bond acceptors (Lipinski definition) is 5. The van der Waals surface area contributed by atoms with Crippen LogP contribution in [0.5, 0.6) is 5.75 Å². The van der Waals surface area contributed by atoms with Crippen molar-refractivity contribution in [1.82, 2.24) is 9.62 Å². The number of carbonyl (C=O) groups excluding carboxylic acids is 2. The SMILES string of the molecule is Cc1cc(C)c(S(=O)(=O)N2CCCC(C(=O)N3CC(C(=O)NCc4ccccc4)Oc4ccccc43)C2)c(C)c1. The molecule has 0 aromatic heterocycles. The van der Waals surface area contributed by atoms with Crippen LogP contribution in [0.3, 0.4) is 0 Å². The Hall–Kier alpha value is -3.69. The van der Waals surface area contributed by atoms with Crippen LogP contribution >= 0.6 is 0 Å². The maximum absolute atomic E-state index is 14.0. The third kappa shape index (κ3) is 5.62. The molecule has 2 amide bonds. The lowest BCUT2D eigenvalue weighted by Gasteiger charge is -2.38. The average molecular weight is 562 g/mol. The Kier molecular flexibility index (Phi) is 7.96. The lowest BCUT2D eigenvalue weighted by molar-refractivity contribution is -0.129. The summed E-state index contributed by atoms with van der Waals surface area (Å²) in [7, 11) is -3.78. The van der Waals surface area contributed by atoms with Crippen molar-refractivity contribution in [2.45, 2.75) is 51.2 Å². The Morgan fingerprint density at radius 2 is 1.62 bits per heavy atom. The fourth-order valence-electron chi connectivity index (χ4n) is 5.76. The third-order valence-electron chi connectivity index (χ3n) is 7.58. The van der Waals surface area contributed by atoms with Gasteiger partial charge in [0.1, 0.15) is 5.75 Å². The summed E-state index contributed by atoms with van der Waals surface area (Å²) < 4.78 is 34.9. The minimum absolute atomic E-state index is 0.0515. The lowest BCUT2D eigenvalue weighted by Crippen LogP contribution is -2.54. The van der Waals surface area contributed by atoms with E-state index in [0.29, 0.717) is 53.4 Å². The van der Waals surface area contributed by atoms with Crippen LogP contribution in [0, 0.1) is 26.7 Å². The van der Waals surface area contributed by atoms with Crippen LogP contribution in [0.15, 0.2) is 71.6 Å². The largest absolute Gasteiger partial charge is 0.477 e. The molecule has 40 heavy (non-hydrogen) atoms. The van der Waals surface area contributed by atoms with Crippen molar-refractivity contribution in [3.8, 4) is 5.75 Å². The minimum atomic E-state index is -3.78. The molecule has 3 aromatic carbocycles. The van der Waals surface area contributed by atoms with Crippen LogP contribution in [0.2, 0.25) is 0 Å². The first kappa shape index (κ1) is 27.9. The third-order valence-corrected chi connectivity index (χ3v) is 9.75. The van der Waals surface area contributed by atoms with Crippen LogP contribution in [0.4, 0.5) is 5.69 Å². The second-order valence-electron chi connectivity index (χ2n) is 10.7. The van der Waals surface area contributed by atoms with Crippen molar-refractivity contribution in [2.75, 3.05) is 24.5 Å². The maximum Gasteiger partial charge on any atom is 0.263 e. The molecule has 3 aromatic rings. The Morgan fingerprint density at radius 3 is 2.35 bits per heavy atom. The predicted molar refractivity (Wildman–Crippen MR) is 154 cm³/mol. The Bertz CT molecular complexity index is 1500. The van der Waals surface area contributed by atoms with Crippen LogP contribution < -0.4 is 15.0 Å². The molecule has 1 fully saturated rings. The number of piperidine rings is 1. The van der Waals surface area contributed by atoms with Gasteiger partial charge in [-0.2, -0.15) is 4.31 Å². The van der Waals surface area contributed by atoms with Gasteiger partial charge in [-0.25, -0.2) is 8.42 Å². The molecule has 5 rings (SSSR count). The number of fused-ring (bicyclic) bond motifs is 1. The molecule has 210 valence electrons. The molecule has 0 spiro atoms. The van der Waals surface area contributed by atoms with Crippen molar-refractivity contribution in [2.24, 2.45) is 5.92 Å². The highest BCUT2D eigenvalue weighted by Gasteiger charge is 2.40. The number of sulfonamides is 1. The monoisotopic (exact) mass is 561 g/mol. The number of nitrogens with one attached hydrogen (secondary N) is 1. The minimum Gasteiger partial charge on any atom is -0.477 e. The van der Waals surface area contributed by atoms with Gasteiger partial charge in [-0.3, -0.25) is 9.59 Å². The van der Waals surface area contributed by atoms with Crippen molar-refractivity contribution in [1.29, 1.82) is 0 Å². The van der Waals surface area contributed by atoms with E-state index in [1.165, 1.54) is 4.31 Å². The molecule has 2 aliphatic rings. The van der Waals surface area contributed by atoms with Gasteiger partial charge in [0.2, 0.25) is 15.9 Å². The van der Waals surface area contributed by atoms with Crippen molar-refractivity contribution < 1.29 is 22.7 Å². The van der Waals surface area contributed by atoms with E-state index in [2.05, 4.69) is 5.32 Å². The fourth-order valence-corrected chi connectivity index (χ4v) is 7.70. The highest BCUT2D eigenvalue weighted by atomic mass is 32.2. The summed E-state index contributed by atoms with van der Waals surface area (Å²) in [5, 5.41) is 2.91. The number of benzene rings is 3. The van der Waals surface area contributed by atoms with Gasteiger partial charge in [0, 0.05) is 19.6 Å². The van der Waals surface area contributed by atoms with Gasteiger partial charge < -0.3 is 15.0 Å². The van der Waals surface area contributed by atoms with Gasteiger partial charge in [-0.05, 0) is 62.4 Å². The number of amides is 2. The van der Waals surface area contributed by atoms with Crippen molar-refractivity contribution in [3.63, 3.8) is 0 Å². The quantitative estimate of drug-likeness (QED) is 0.489. The van der Waals surface area contributed by atoms with Gasteiger partial charge in [0.15, 0.2) is 6.10 Å². The smallest absolute Gasteiger partial charge is 0.263 e. The molecular weight excluding hydrogens is 526 g/mol. The zero-order valence-corrected chi connectivity index (χ0v) is 23.9. The highest BCUT2D eigenvalue weighted by Crippen LogP contribution is 2.36. The molecule has 1 saturated heterocycles. The summed E-state index contributed by atoms with van der Waals surface area (Å²) in [5.74, 6) is -0.592. The van der Waals surface area contributed by atoms with E-state index >= 15 is 0 Å². The molecule has 0 radical (unpaired) electrons. The van der Waals surface area contributed by atoms with E-state index in [1.54, 1.807) is 23.1 Å². The first-order chi connectivity index (χ1) is 19.1. The maximum atomic E-state index is 14.0. The van der Waals surface area contributed by atoms with Crippen molar-refractivity contribution in [3.05, 3.63) is 89.0 Å². The average Bonchev–Trinajstić information content (AvgIpc) is 2.95. The van der Waals surface area contributed by atoms with Crippen LogP contribution in [-0.4, -0.2) is 50.3 Å². The number of ether oxygens (including phenoxy) is 1. The number of rotatable bonds is 6. The molecule has 2 unspecified atom stereocenters. The normalized spacial score (nSPS) is 19.4. The Labute approximate surface area is 236 Å². The number of anilines is 1. The zero-order valence-electron chi connectivity index (χ0n) is 23.1. The molecule has 0 aliphatic carbocycles. The Balaban J connectivity index is 1.35. The van der Waals surface area contributed by atoms with Gasteiger partial charge >= 0.3 is 0 Å². The molecule has 2 aliphatic heterocycles. The molecule has 2 atom stereocenters. The number of aryl methyl sites for hydroxylation is 3. The number of hydrogen-bond donors (Lipinski definition) is 1. The van der Waals surface area contributed by atoms with Gasteiger partial charge in [-0.1, -0.05) is 60.2 Å². The van der Waals surface area contributed by atoms with E-state index in [4.69, 9.17) is 4.74 Å².